The van der Waals surface area contributed by atoms with Gasteiger partial charge in [0.15, 0.2) is 11.5 Å². The molecular formula is C28H36BrFN8O. The molecule has 3 aromatic heterocycles. The van der Waals surface area contributed by atoms with Gasteiger partial charge in [-0.15, -0.1) is 10.2 Å². The molecule has 39 heavy (non-hydrogen) atoms. The summed E-state index contributed by atoms with van der Waals surface area (Å²) in [6.07, 6.45) is 4.03. The molecule has 2 saturated heterocycles. The Hall–Kier alpha value is -2.63. The van der Waals surface area contributed by atoms with Gasteiger partial charge in [-0.05, 0) is 51.7 Å². The molecule has 0 amide bonds. The standard InChI is InChI=1S/C28H36BrFN8O/c1-16(2)25(22-9-8-20(29)11-23(22)30)35-12-18(4)36(13-17(35)3)26-24-27(38-15-31-34-28(38)33-26)37(19(5)32-24)14-21-7-6-10-39-21/h8-9,11,15-18,21,25H,6-7,10,12-14H2,1-5H3/t17-,18+,21+,25-/m1/s1. The third-order valence-corrected chi connectivity index (χ3v) is 8.79. The van der Waals surface area contributed by atoms with Crippen LogP contribution in [0, 0.1) is 18.7 Å². The van der Waals surface area contributed by atoms with Crippen LogP contribution in [0.2, 0.25) is 0 Å². The lowest BCUT2D eigenvalue weighted by Gasteiger charge is -2.49. The highest BCUT2D eigenvalue weighted by Gasteiger charge is 2.38. The lowest BCUT2D eigenvalue weighted by Crippen LogP contribution is -2.58. The molecule has 0 spiro atoms. The summed E-state index contributed by atoms with van der Waals surface area (Å²) in [5, 5.41) is 8.49. The maximum absolute atomic E-state index is 15.1. The van der Waals surface area contributed by atoms with Crippen LogP contribution in [-0.4, -0.2) is 71.9 Å². The number of aryl methyl sites for hydroxylation is 1. The first-order valence-corrected chi connectivity index (χ1v) is 14.7. The molecule has 0 bridgehead atoms. The van der Waals surface area contributed by atoms with E-state index in [1.165, 1.54) is 0 Å². The average molecular weight is 600 g/mol. The molecule has 5 heterocycles. The van der Waals surface area contributed by atoms with Crippen LogP contribution < -0.4 is 4.90 Å². The highest BCUT2D eigenvalue weighted by Crippen LogP contribution is 2.37. The third-order valence-electron chi connectivity index (χ3n) is 8.29. The summed E-state index contributed by atoms with van der Waals surface area (Å²) in [6, 6.07) is 5.68. The number of anilines is 1. The molecule has 0 aliphatic carbocycles. The highest BCUT2D eigenvalue weighted by atomic mass is 79.9. The van der Waals surface area contributed by atoms with Crippen molar-refractivity contribution in [2.24, 2.45) is 5.92 Å². The number of hydrogen-bond donors (Lipinski definition) is 0. The molecule has 2 fully saturated rings. The summed E-state index contributed by atoms with van der Waals surface area (Å²) in [7, 11) is 0. The molecule has 1 aromatic carbocycles. The molecule has 4 atom stereocenters. The van der Waals surface area contributed by atoms with Crippen molar-refractivity contribution in [3.05, 3.63) is 46.2 Å². The first kappa shape index (κ1) is 26.6. The summed E-state index contributed by atoms with van der Waals surface area (Å²) in [5.74, 6) is 2.39. The van der Waals surface area contributed by atoms with Gasteiger partial charge in [0.2, 0.25) is 0 Å². The van der Waals surface area contributed by atoms with Gasteiger partial charge in [-0.2, -0.15) is 4.98 Å². The van der Waals surface area contributed by atoms with E-state index >= 15 is 4.39 Å². The van der Waals surface area contributed by atoms with Crippen molar-refractivity contribution in [1.82, 2.24) is 34.0 Å². The number of aromatic nitrogens is 6. The zero-order valence-corrected chi connectivity index (χ0v) is 24.8. The molecule has 2 aliphatic rings. The predicted octanol–water partition coefficient (Wildman–Crippen LogP) is 5.16. The largest absolute Gasteiger partial charge is 0.376 e. The average Bonchev–Trinajstić information content (AvgIpc) is 3.63. The summed E-state index contributed by atoms with van der Waals surface area (Å²) >= 11 is 3.41. The quantitative estimate of drug-likeness (QED) is 0.303. The van der Waals surface area contributed by atoms with Gasteiger partial charge >= 0.3 is 0 Å². The molecule has 0 unspecified atom stereocenters. The van der Waals surface area contributed by atoms with Gasteiger partial charge in [-0.25, -0.2) is 13.8 Å². The second-order valence-electron chi connectivity index (χ2n) is 11.4. The Labute approximate surface area is 236 Å². The summed E-state index contributed by atoms with van der Waals surface area (Å²) in [4.78, 5) is 14.8. The number of halogens is 2. The van der Waals surface area contributed by atoms with Gasteiger partial charge in [0, 0.05) is 47.9 Å². The van der Waals surface area contributed by atoms with Gasteiger partial charge in [0.25, 0.3) is 5.78 Å². The van der Waals surface area contributed by atoms with Crippen molar-refractivity contribution < 1.29 is 9.13 Å². The van der Waals surface area contributed by atoms with Crippen LogP contribution in [0.1, 0.15) is 58.0 Å². The maximum atomic E-state index is 15.1. The van der Waals surface area contributed by atoms with Crippen molar-refractivity contribution in [3.63, 3.8) is 0 Å². The SMILES string of the molecule is Cc1nc2c(N3C[C@@H](C)N([C@@H](c4ccc(Br)cc4F)C(C)C)C[C@@H]3C)nc3nncn3c2n1C[C@@H]1CCCO1. The number of piperazine rings is 1. The van der Waals surface area contributed by atoms with E-state index < -0.39 is 0 Å². The van der Waals surface area contributed by atoms with Crippen LogP contribution in [0.4, 0.5) is 10.2 Å². The summed E-state index contributed by atoms with van der Waals surface area (Å²) in [6.45, 7) is 13.9. The van der Waals surface area contributed by atoms with Crippen molar-refractivity contribution in [2.75, 3.05) is 24.6 Å². The molecule has 2 aliphatic heterocycles. The number of hydrogen-bond acceptors (Lipinski definition) is 7. The van der Waals surface area contributed by atoms with Gasteiger partial charge in [-0.3, -0.25) is 4.90 Å². The van der Waals surface area contributed by atoms with Crippen LogP contribution in [0.5, 0.6) is 0 Å². The maximum Gasteiger partial charge on any atom is 0.258 e. The zero-order chi connectivity index (χ0) is 27.4. The zero-order valence-electron chi connectivity index (χ0n) is 23.2. The number of ether oxygens (including phenoxy) is 1. The number of fused-ring (bicyclic) bond motifs is 3. The fraction of sp³-hybridized carbons (Fsp3) is 0.571. The van der Waals surface area contributed by atoms with E-state index in [0.29, 0.717) is 5.78 Å². The minimum Gasteiger partial charge on any atom is -0.376 e. The van der Waals surface area contributed by atoms with Gasteiger partial charge in [0.1, 0.15) is 23.5 Å². The Morgan fingerprint density at radius 1 is 1.15 bits per heavy atom. The first-order valence-electron chi connectivity index (χ1n) is 13.9. The van der Waals surface area contributed by atoms with E-state index in [1.54, 1.807) is 12.4 Å². The molecule has 0 N–H and O–H groups in total. The highest BCUT2D eigenvalue weighted by molar-refractivity contribution is 9.10. The van der Waals surface area contributed by atoms with E-state index in [9.17, 15) is 0 Å². The molecule has 208 valence electrons. The molecule has 4 aromatic rings. The Morgan fingerprint density at radius 2 is 1.97 bits per heavy atom. The minimum atomic E-state index is -0.168. The summed E-state index contributed by atoms with van der Waals surface area (Å²) in [5.41, 5.74) is 2.55. The fourth-order valence-corrected chi connectivity index (χ4v) is 6.79. The van der Waals surface area contributed by atoms with Crippen molar-refractivity contribution in [3.8, 4) is 0 Å². The molecule has 0 radical (unpaired) electrons. The van der Waals surface area contributed by atoms with E-state index in [4.69, 9.17) is 14.7 Å². The van der Waals surface area contributed by atoms with Crippen LogP contribution in [0.15, 0.2) is 29.0 Å². The summed E-state index contributed by atoms with van der Waals surface area (Å²) < 4.78 is 26.0. The van der Waals surface area contributed by atoms with Gasteiger partial charge in [0.05, 0.1) is 12.6 Å². The van der Waals surface area contributed by atoms with Crippen LogP contribution in [0.3, 0.4) is 0 Å². The number of imidazole rings is 1. The Kier molecular flexibility index (Phi) is 7.09. The topological polar surface area (TPSA) is 76.6 Å². The minimum absolute atomic E-state index is 0.0301. The Bertz CT molecular complexity index is 1500. The molecule has 6 rings (SSSR count). The third kappa shape index (κ3) is 4.72. The van der Waals surface area contributed by atoms with Crippen LogP contribution >= 0.6 is 15.9 Å². The van der Waals surface area contributed by atoms with E-state index in [1.807, 2.05) is 23.5 Å². The van der Waals surface area contributed by atoms with Crippen molar-refractivity contribution in [1.29, 1.82) is 0 Å². The molecular weight excluding hydrogens is 563 g/mol. The molecule has 11 heteroatoms. The fourth-order valence-electron chi connectivity index (χ4n) is 6.46. The first-order chi connectivity index (χ1) is 18.7. The Morgan fingerprint density at radius 3 is 2.69 bits per heavy atom. The number of rotatable bonds is 6. The van der Waals surface area contributed by atoms with Gasteiger partial charge in [-0.1, -0.05) is 35.8 Å². The van der Waals surface area contributed by atoms with Crippen molar-refractivity contribution in [2.45, 2.75) is 78.2 Å². The van der Waals surface area contributed by atoms with Crippen LogP contribution in [-0.2, 0) is 11.3 Å². The van der Waals surface area contributed by atoms with Gasteiger partial charge < -0.3 is 14.2 Å². The monoisotopic (exact) mass is 598 g/mol. The smallest absolute Gasteiger partial charge is 0.258 e. The number of nitrogens with zero attached hydrogens (tertiary/aromatic N) is 8. The molecule has 0 saturated carbocycles. The second kappa shape index (κ2) is 10.4. The molecule has 9 nitrogen and oxygen atoms in total. The second-order valence-corrected chi connectivity index (χ2v) is 12.3. The Balaban J connectivity index is 1.37. The lowest BCUT2D eigenvalue weighted by molar-refractivity contribution is 0.0800. The normalized spacial score (nSPS) is 23.5. The van der Waals surface area contributed by atoms with Crippen molar-refractivity contribution >= 4 is 38.7 Å². The lowest BCUT2D eigenvalue weighted by atomic mass is 9.91. The van der Waals surface area contributed by atoms with E-state index in [2.05, 4.69) is 68.2 Å². The predicted molar refractivity (Wildman–Crippen MR) is 152 cm³/mol. The van der Waals surface area contributed by atoms with E-state index in [-0.39, 0.29) is 36.0 Å². The number of benzene rings is 1. The van der Waals surface area contributed by atoms with E-state index in [0.717, 1.165) is 71.9 Å². The van der Waals surface area contributed by atoms with Crippen LogP contribution in [0.25, 0.3) is 16.9 Å².